The van der Waals surface area contributed by atoms with Gasteiger partial charge in [0.1, 0.15) is 0 Å². The van der Waals surface area contributed by atoms with Crippen molar-refractivity contribution in [2.75, 3.05) is 0 Å². The van der Waals surface area contributed by atoms with Crippen molar-refractivity contribution in [1.82, 2.24) is 15.2 Å². The van der Waals surface area contributed by atoms with Crippen LogP contribution in [0, 0.1) is 0 Å². The molecule has 3 aromatic carbocycles. The third-order valence-electron chi connectivity index (χ3n) is 8.63. The Morgan fingerprint density at radius 3 is 2.10 bits per heavy atom. The Labute approximate surface area is 229 Å². The number of hydrogen-bond donors (Lipinski definition) is 2. The fourth-order valence-corrected chi connectivity index (χ4v) is 6.85. The quantitative estimate of drug-likeness (QED) is 0.312. The van der Waals surface area contributed by atoms with E-state index < -0.39 is 0 Å². The van der Waals surface area contributed by atoms with Gasteiger partial charge >= 0.3 is 0 Å². The fraction of sp³-hybridized carbons (Fsp3) is 0.167. The Kier molecular flexibility index (Phi) is 5.22. The first-order valence-corrected chi connectivity index (χ1v) is 14.1. The van der Waals surface area contributed by atoms with Crippen LogP contribution in [0.15, 0.2) is 109 Å². The predicted octanol–water partition coefficient (Wildman–Crippen LogP) is 7.08. The molecule has 1 aliphatic heterocycles. The van der Waals surface area contributed by atoms with E-state index in [1.165, 1.54) is 50.5 Å². The molecule has 4 aromatic rings. The van der Waals surface area contributed by atoms with Crippen LogP contribution in [-0.4, -0.2) is 16.7 Å². The van der Waals surface area contributed by atoms with E-state index in [0.717, 1.165) is 37.1 Å². The number of allylic oxidation sites excluding steroid dienone is 3. The molecule has 39 heavy (non-hydrogen) atoms. The van der Waals surface area contributed by atoms with E-state index in [1.54, 1.807) is 0 Å². The number of hydrogen-bond acceptors (Lipinski definition) is 2. The highest BCUT2D eigenvalue weighted by Crippen LogP contribution is 2.44. The number of fused-ring (bicyclic) bond motifs is 6. The van der Waals surface area contributed by atoms with Gasteiger partial charge < -0.3 is 15.2 Å². The molecule has 190 valence electrons. The summed E-state index contributed by atoms with van der Waals surface area (Å²) in [5.41, 5.74) is 14.7. The Bertz CT molecular complexity index is 1700. The minimum Gasteiger partial charge on any atom is -0.374 e. The summed E-state index contributed by atoms with van der Waals surface area (Å²) in [6.45, 7) is 0. The smallest absolute Gasteiger partial charge is 0.0706 e. The van der Waals surface area contributed by atoms with Crippen LogP contribution in [0.2, 0.25) is 0 Å². The zero-order chi connectivity index (χ0) is 25.8. The van der Waals surface area contributed by atoms with Gasteiger partial charge in [0.15, 0.2) is 0 Å². The molecule has 2 atom stereocenters. The van der Waals surface area contributed by atoms with E-state index in [-0.39, 0.29) is 12.1 Å². The molecule has 0 fully saturated rings. The van der Waals surface area contributed by atoms with Gasteiger partial charge in [-0.3, -0.25) is 0 Å². The summed E-state index contributed by atoms with van der Waals surface area (Å²) >= 11 is 0. The van der Waals surface area contributed by atoms with Crippen LogP contribution in [0.3, 0.4) is 0 Å². The van der Waals surface area contributed by atoms with E-state index in [2.05, 4.69) is 131 Å². The normalized spacial score (nSPS) is 20.7. The highest BCUT2D eigenvalue weighted by Gasteiger charge is 2.33. The molecule has 3 nitrogen and oxygen atoms in total. The monoisotopic (exact) mass is 505 g/mol. The Morgan fingerprint density at radius 2 is 1.33 bits per heavy atom. The standard InChI is InChI=1S/C36H31N3/c1-3-12-25(13-4-1)35-36(26-14-5-2-6-15-26)38-31-23-27(20-21-30(31)37-35)39-32-18-10-9-17-29(32)34-28-16-8-7-11-24(28)19-22-33(34)39/h1-9,11-17,20-21,23,30-31,37-38H,10,18-19,22H2. The first kappa shape index (κ1) is 22.5. The topological polar surface area (TPSA) is 29.0 Å². The minimum atomic E-state index is 0.149. The molecule has 0 amide bonds. The molecule has 8 rings (SSSR count). The first-order valence-electron chi connectivity index (χ1n) is 14.1. The SMILES string of the molecule is C1=Cc2c3c(n(C4=CC5NC(c6ccccc6)=C(c6ccccc6)NC5C=C4)c2CC1)CCc1ccccc1-3. The van der Waals surface area contributed by atoms with Crippen LogP contribution < -0.4 is 10.6 Å². The van der Waals surface area contributed by atoms with Crippen molar-refractivity contribution in [2.24, 2.45) is 0 Å². The number of benzene rings is 3. The summed E-state index contributed by atoms with van der Waals surface area (Å²) in [5, 5.41) is 7.84. The van der Waals surface area contributed by atoms with Crippen LogP contribution in [0.1, 0.15) is 40.1 Å². The second-order valence-electron chi connectivity index (χ2n) is 10.9. The van der Waals surface area contributed by atoms with E-state index in [0.29, 0.717) is 0 Å². The van der Waals surface area contributed by atoms with Gasteiger partial charge in [0, 0.05) is 28.2 Å². The van der Waals surface area contributed by atoms with Crippen molar-refractivity contribution in [2.45, 2.75) is 37.8 Å². The predicted molar refractivity (Wildman–Crippen MR) is 162 cm³/mol. The van der Waals surface area contributed by atoms with Crippen LogP contribution in [0.4, 0.5) is 0 Å². The van der Waals surface area contributed by atoms with E-state index in [1.807, 2.05) is 0 Å². The Morgan fingerprint density at radius 1 is 0.641 bits per heavy atom. The zero-order valence-electron chi connectivity index (χ0n) is 21.9. The first-order chi connectivity index (χ1) is 19.3. The highest BCUT2D eigenvalue weighted by molar-refractivity contribution is 5.91. The van der Waals surface area contributed by atoms with Crippen molar-refractivity contribution in [1.29, 1.82) is 0 Å². The molecule has 0 spiro atoms. The molecule has 0 bridgehead atoms. The Balaban J connectivity index is 1.25. The van der Waals surface area contributed by atoms with E-state index >= 15 is 0 Å². The van der Waals surface area contributed by atoms with Crippen LogP contribution in [0.5, 0.6) is 0 Å². The fourth-order valence-electron chi connectivity index (χ4n) is 6.85. The lowest BCUT2D eigenvalue weighted by atomic mass is 9.86. The molecular formula is C36H31N3. The largest absolute Gasteiger partial charge is 0.374 e. The summed E-state index contributed by atoms with van der Waals surface area (Å²) < 4.78 is 2.59. The van der Waals surface area contributed by atoms with Gasteiger partial charge in [-0.25, -0.2) is 0 Å². The lowest BCUT2D eigenvalue weighted by Gasteiger charge is -2.38. The molecule has 2 N–H and O–H groups in total. The summed E-state index contributed by atoms with van der Waals surface area (Å²) in [6.07, 6.45) is 16.2. The van der Waals surface area contributed by atoms with E-state index in [9.17, 15) is 0 Å². The van der Waals surface area contributed by atoms with Gasteiger partial charge in [-0.15, -0.1) is 0 Å². The summed E-state index contributed by atoms with van der Waals surface area (Å²) in [4.78, 5) is 0. The van der Waals surface area contributed by atoms with Crippen molar-refractivity contribution in [3.05, 3.63) is 143 Å². The maximum Gasteiger partial charge on any atom is 0.0706 e. The molecule has 4 aliphatic rings. The second kappa shape index (κ2) is 9.06. The second-order valence-corrected chi connectivity index (χ2v) is 10.9. The van der Waals surface area contributed by atoms with Crippen molar-refractivity contribution < 1.29 is 0 Å². The summed E-state index contributed by atoms with van der Waals surface area (Å²) in [5.74, 6) is 0. The average Bonchev–Trinajstić information content (AvgIpc) is 3.36. The third kappa shape index (κ3) is 3.64. The van der Waals surface area contributed by atoms with Crippen LogP contribution >= 0.6 is 0 Å². The molecule has 2 heterocycles. The molecule has 2 unspecified atom stereocenters. The van der Waals surface area contributed by atoms with Gasteiger partial charge in [-0.2, -0.15) is 0 Å². The van der Waals surface area contributed by atoms with Crippen LogP contribution in [0.25, 0.3) is 34.3 Å². The molecule has 3 heteroatoms. The number of nitrogens with one attached hydrogen (secondary N) is 2. The number of nitrogens with zero attached hydrogens (tertiary/aromatic N) is 1. The summed E-state index contributed by atoms with van der Waals surface area (Å²) in [6, 6.07) is 30.7. The van der Waals surface area contributed by atoms with Crippen molar-refractivity contribution in [3.63, 3.8) is 0 Å². The molecule has 0 saturated carbocycles. The van der Waals surface area contributed by atoms with Gasteiger partial charge in [0.25, 0.3) is 0 Å². The van der Waals surface area contributed by atoms with E-state index in [4.69, 9.17) is 0 Å². The number of rotatable bonds is 3. The van der Waals surface area contributed by atoms with Crippen LogP contribution in [-0.2, 0) is 19.3 Å². The lowest BCUT2D eigenvalue weighted by molar-refractivity contribution is 0.554. The average molecular weight is 506 g/mol. The van der Waals surface area contributed by atoms with Crippen molar-refractivity contribution >= 4 is 23.2 Å². The van der Waals surface area contributed by atoms with Gasteiger partial charge in [0.2, 0.25) is 0 Å². The van der Waals surface area contributed by atoms with Gasteiger partial charge in [-0.05, 0) is 60.1 Å². The maximum atomic E-state index is 3.95. The number of aromatic nitrogens is 1. The van der Waals surface area contributed by atoms with Gasteiger partial charge in [0.05, 0.1) is 23.5 Å². The zero-order valence-corrected chi connectivity index (χ0v) is 21.9. The lowest BCUT2D eigenvalue weighted by Crippen LogP contribution is -2.50. The molecular weight excluding hydrogens is 474 g/mol. The maximum absolute atomic E-state index is 3.95. The molecule has 1 aromatic heterocycles. The molecule has 3 aliphatic carbocycles. The molecule has 0 radical (unpaired) electrons. The minimum absolute atomic E-state index is 0.149. The highest BCUT2D eigenvalue weighted by atomic mass is 15.1. The summed E-state index contributed by atoms with van der Waals surface area (Å²) in [7, 11) is 0. The molecule has 0 saturated heterocycles. The third-order valence-corrected chi connectivity index (χ3v) is 8.63. The number of aryl methyl sites for hydroxylation is 1. The van der Waals surface area contributed by atoms with Crippen molar-refractivity contribution in [3.8, 4) is 11.1 Å². The Hall–Kier alpha value is -4.50. The van der Waals surface area contributed by atoms with Gasteiger partial charge in [-0.1, -0.05) is 103 Å².